The summed E-state index contributed by atoms with van der Waals surface area (Å²) in [5.74, 6) is 0. The van der Waals surface area contributed by atoms with Crippen molar-refractivity contribution in [3.05, 3.63) is 161 Å². The highest BCUT2D eigenvalue weighted by Crippen LogP contribution is 2.56. The number of fused-ring (bicyclic) bond motifs is 20. The van der Waals surface area contributed by atoms with Gasteiger partial charge in [0.1, 0.15) is 0 Å². The summed E-state index contributed by atoms with van der Waals surface area (Å²) in [7, 11) is 0. The maximum absolute atomic E-state index is 2.77. The summed E-state index contributed by atoms with van der Waals surface area (Å²) < 4.78 is 8.24. The van der Waals surface area contributed by atoms with Crippen molar-refractivity contribution < 1.29 is 0 Å². The SMILES string of the molecule is CC(C)(C)c1ccc(N2B3c4cc5sc6ccccc6c5cc4-n4c5cc6c(cc5c5c7sc8ccccc8c7c(c3c54)-c3cc4c(cc32)Cc2ccccc2-4)C(C)(C)CCC6(C)C)cc1. The van der Waals surface area contributed by atoms with E-state index in [0.717, 1.165) is 6.42 Å². The van der Waals surface area contributed by atoms with Gasteiger partial charge in [0.15, 0.2) is 0 Å². The predicted molar refractivity (Wildman–Crippen MR) is 288 cm³/mol. The molecule has 8 aromatic carbocycles. The zero-order chi connectivity index (χ0) is 44.3. The minimum absolute atomic E-state index is 0.0444. The van der Waals surface area contributed by atoms with E-state index in [1.54, 1.807) is 0 Å². The van der Waals surface area contributed by atoms with Crippen LogP contribution in [0.15, 0.2) is 133 Å². The fraction of sp³-hybridized carbons (Fsp3) is 0.213. The minimum atomic E-state index is -0.0655. The van der Waals surface area contributed by atoms with Crippen LogP contribution in [0.4, 0.5) is 11.4 Å². The molecular formula is C61H49BN2S2. The first-order valence-electron chi connectivity index (χ1n) is 24.0. The van der Waals surface area contributed by atoms with Crippen LogP contribution in [0, 0.1) is 0 Å². The molecule has 5 heterocycles. The van der Waals surface area contributed by atoms with E-state index in [-0.39, 0.29) is 23.1 Å². The third-order valence-corrected chi connectivity index (χ3v) is 18.9. The molecule has 4 aliphatic rings. The summed E-state index contributed by atoms with van der Waals surface area (Å²) in [4.78, 5) is 2.77. The minimum Gasteiger partial charge on any atom is -0.376 e. The lowest BCUT2D eigenvalue weighted by atomic mass is 9.43. The molecule has 0 fully saturated rings. The van der Waals surface area contributed by atoms with Gasteiger partial charge in [0.2, 0.25) is 0 Å². The molecule has 2 aliphatic carbocycles. The van der Waals surface area contributed by atoms with Gasteiger partial charge in [0, 0.05) is 73.7 Å². The van der Waals surface area contributed by atoms with Gasteiger partial charge in [0.05, 0.1) is 11.0 Å². The van der Waals surface area contributed by atoms with Crippen LogP contribution in [0.1, 0.15) is 89.1 Å². The number of thiophene rings is 2. The molecule has 0 radical (unpaired) electrons. The maximum Gasteiger partial charge on any atom is 0.333 e. The molecule has 2 nitrogen and oxygen atoms in total. The number of hydrogen-bond donors (Lipinski definition) is 0. The van der Waals surface area contributed by atoms with Crippen LogP contribution in [0.25, 0.3) is 90.1 Å². The number of nitrogens with zero attached hydrogens (tertiary/aromatic N) is 2. The van der Waals surface area contributed by atoms with Crippen molar-refractivity contribution >= 4 is 114 Å². The predicted octanol–water partition coefficient (Wildman–Crippen LogP) is 16.0. The Morgan fingerprint density at radius 2 is 1.26 bits per heavy atom. The molecule has 5 heteroatoms. The molecule has 2 aliphatic heterocycles. The summed E-state index contributed by atoms with van der Waals surface area (Å²) in [5.41, 5.74) is 22.4. The van der Waals surface area contributed by atoms with Gasteiger partial charge in [-0.1, -0.05) is 121 Å². The first-order valence-corrected chi connectivity index (χ1v) is 25.6. The van der Waals surface area contributed by atoms with E-state index in [1.807, 2.05) is 22.7 Å². The second-order valence-electron chi connectivity index (χ2n) is 22.3. The molecule has 3 aromatic heterocycles. The molecule has 0 amide bonds. The van der Waals surface area contributed by atoms with Crippen molar-refractivity contribution in [1.82, 2.24) is 4.57 Å². The normalized spacial score (nSPS) is 16.4. The Hall–Kier alpha value is -6.14. The summed E-state index contributed by atoms with van der Waals surface area (Å²) in [6.45, 7) is 16.9. The zero-order valence-electron chi connectivity index (χ0n) is 38.6. The second kappa shape index (κ2) is 12.4. The van der Waals surface area contributed by atoms with Crippen LogP contribution in [0.5, 0.6) is 0 Å². The third kappa shape index (κ3) is 4.78. The topological polar surface area (TPSA) is 8.17 Å². The number of hydrogen-bond acceptors (Lipinski definition) is 3. The molecule has 0 saturated carbocycles. The van der Waals surface area contributed by atoms with Crippen molar-refractivity contribution in [1.29, 1.82) is 0 Å². The molecular weight excluding hydrogens is 836 g/mol. The lowest BCUT2D eigenvalue weighted by molar-refractivity contribution is 0.332. The highest BCUT2D eigenvalue weighted by molar-refractivity contribution is 7.27. The molecule has 15 rings (SSSR count). The van der Waals surface area contributed by atoms with Crippen LogP contribution in [-0.2, 0) is 22.7 Å². The number of aromatic nitrogens is 1. The Morgan fingerprint density at radius 3 is 2.03 bits per heavy atom. The Kier molecular flexibility index (Phi) is 7.17. The molecule has 0 saturated heterocycles. The average Bonchev–Trinajstić information content (AvgIpc) is 4.07. The summed E-state index contributed by atoms with van der Waals surface area (Å²) >= 11 is 3.95. The van der Waals surface area contributed by atoms with Crippen LogP contribution >= 0.6 is 22.7 Å². The van der Waals surface area contributed by atoms with Crippen molar-refractivity contribution in [3.63, 3.8) is 0 Å². The van der Waals surface area contributed by atoms with Crippen LogP contribution in [-0.4, -0.2) is 11.4 Å². The summed E-state index contributed by atoms with van der Waals surface area (Å²) in [5, 5.41) is 8.30. The standard InChI is InChI=1S/C61H49BN2S2/c1-59(2,3)35-20-22-36(23-21-35)64-48-27-34-26-33-14-8-9-15-37(33)40(34)28-42(48)53-54-39-17-11-13-19-51(39)66-58(54)55-43-29-44-45(61(6,7)25-24-60(44,4)5)31-47(43)63-49-30-41-38-16-10-12-18-50(38)65-52(41)32-46(49)62(64)56(53)57(55)63/h8-23,27-32H,24-26H2,1-7H3. The van der Waals surface area contributed by atoms with E-state index in [9.17, 15) is 0 Å². The average molecular weight is 885 g/mol. The largest absolute Gasteiger partial charge is 0.376 e. The molecule has 0 spiro atoms. The Balaban J connectivity index is 1.19. The molecule has 0 unspecified atom stereocenters. The quantitative estimate of drug-likeness (QED) is 0.149. The summed E-state index contributed by atoms with van der Waals surface area (Å²) in [6, 6.07) is 52.8. The number of benzene rings is 8. The highest BCUT2D eigenvalue weighted by atomic mass is 32.1. The molecule has 318 valence electrons. The first kappa shape index (κ1) is 38.0. The van der Waals surface area contributed by atoms with Gasteiger partial charge in [-0.3, -0.25) is 0 Å². The van der Waals surface area contributed by atoms with E-state index in [2.05, 4.69) is 191 Å². The molecule has 66 heavy (non-hydrogen) atoms. The van der Waals surface area contributed by atoms with Crippen LogP contribution < -0.4 is 15.7 Å². The molecule has 0 atom stereocenters. The van der Waals surface area contributed by atoms with Gasteiger partial charge >= 0.3 is 6.85 Å². The molecule has 0 bridgehead atoms. The highest BCUT2D eigenvalue weighted by Gasteiger charge is 2.47. The molecule has 0 N–H and O–H groups in total. The van der Waals surface area contributed by atoms with E-state index in [0.29, 0.717) is 0 Å². The van der Waals surface area contributed by atoms with Crippen molar-refractivity contribution in [2.45, 2.75) is 84.0 Å². The first-order chi connectivity index (χ1) is 31.8. The van der Waals surface area contributed by atoms with Gasteiger partial charge < -0.3 is 9.38 Å². The van der Waals surface area contributed by atoms with Crippen molar-refractivity contribution in [2.24, 2.45) is 0 Å². The Bertz CT molecular complexity index is 4020. The van der Waals surface area contributed by atoms with Crippen molar-refractivity contribution in [3.8, 4) is 27.9 Å². The number of rotatable bonds is 1. The Labute approximate surface area is 394 Å². The van der Waals surface area contributed by atoms with Gasteiger partial charge in [-0.15, -0.1) is 22.7 Å². The lowest BCUT2D eigenvalue weighted by Gasteiger charge is -2.43. The van der Waals surface area contributed by atoms with E-state index < -0.39 is 0 Å². The lowest BCUT2D eigenvalue weighted by Crippen LogP contribution is -2.60. The third-order valence-electron chi connectivity index (χ3n) is 16.6. The molecule has 11 aromatic rings. The smallest absolute Gasteiger partial charge is 0.333 e. The fourth-order valence-electron chi connectivity index (χ4n) is 13.1. The van der Waals surface area contributed by atoms with E-state index in [4.69, 9.17) is 0 Å². The van der Waals surface area contributed by atoms with E-state index >= 15 is 0 Å². The fourth-order valence-corrected chi connectivity index (χ4v) is 15.5. The monoisotopic (exact) mass is 884 g/mol. The zero-order valence-corrected chi connectivity index (χ0v) is 40.2. The Morgan fingerprint density at radius 1 is 0.561 bits per heavy atom. The van der Waals surface area contributed by atoms with Gasteiger partial charge in [-0.2, -0.15) is 0 Å². The van der Waals surface area contributed by atoms with Gasteiger partial charge in [-0.05, 0) is 152 Å². The second-order valence-corrected chi connectivity index (χ2v) is 24.4. The van der Waals surface area contributed by atoms with Gasteiger partial charge in [-0.25, -0.2) is 0 Å². The van der Waals surface area contributed by atoms with Crippen LogP contribution in [0.3, 0.4) is 0 Å². The van der Waals surface area contributed by atoms with Crippen LogP contribution in [0.2, 0.25) is 0 Å². The number of anilines is 2. The maximum atomic E-state index is 2.77. The van der Waals surface area contributed by atoms with E-state index in [1.165, 1.54) is 153 Å². The summed E-state index contributed by atoms with van der Waals surface area (Å²) in [6.07, 6.45) is 3.32. The van der Waals surface area contributed by atoms with Gasteiger partial charge in [0.25, 0.3) is 0 Å². The van der Waals surface area contributed by atoms with Crippen molar-refractivity contribution in [2.75, 3.05) is 4.81 Å².